The minimum Gasteiger partial charge on any atom is -0.469 e. The Kier molecular flexibility index (Phi) is 3.35. The van der Waals surface area contributed by atoms with Gasteiger partial charge in [0.05, 0.1) is 6.26 Å². The number of rotatable bonds is 3. The van der Waals surface area contributed by atoms with Crippen LogP contribution in [0.25, 0.3) is 0 Å². The Morgan fingerprint density at radius 1 is 1.11 bits per heavy atom. The summed E-state index contributed by atoms with van der Waals surface area (Å²) in [6.45, 7) is 2.32. The van der Waals surface area contributed by atoms with Crippen molar-refractivity contribution in [3.63, 3.8) is 0 Å². The van der Waals surface area contributed by atoms with Crippen molar-refractivity contribution in [2.45, 2.75) is 19.3 Å². The van der Waals surface area contributed by atoms with E-state index in [0.29, 0.717) is 5.92 Å². The van der Waals surface area contributed by atoms with E-state index in [1.165, 1.54) is 25.1 Å². The average molecular weight is 241 g/mol. The summed E-state index contributed by atoms with van der Waals surface area (Å²) in [5.74, 6) is 1.83. The van der Waals surface area contributed by atoms with Crippen molar-refractivity contribution in [2.75, 3.05) is 18.0 Å². The highest BCUT2D eigenvalue weighted by molar-refractivity contribution is 5.46. The van der Waals surface area contributed by atoms with E-state index in [1.807, 2.05) is 6.07 Å². The van der Waals surface area contributed by atoms with Crippen molar-refractivity contribution >= 4 is 5.69 Å². The summed E-state index contributed by atoms with van der Waals surface area (Å²) in [5.41, 5.74) is 1.35. The molecule has 1 aliphatic heterocycles. The third-order valence-electron chi connectivity index (χ3n) is 3.71. The van der Waals surface area contributed by atoms with Gasteiger partial charge in [-0.25, -0.2) is 0 Å². The van der Waals surface area contributed by atoms with E-state index in [-0.39, 0.29) is 0 Å². The van der Waals surface area contributed by atoms with Crippen molar-refractivity contribution < 1.29 is 4.42 Å². The molecule has 2 aromatic rings. The van der Waals surface area contributed by atoms with Gasteiger partial charge in [0, 0.05) is 25.2 Å². The van der Waals surface area contributed by atoms with E-state index in [0.717, 1.165) is 18.7 Å². The first-order valence-corrected chi connectivity index (χ1v) is 6.74. The molecular formula is C16H19NO. The second kappa shape index (κ2) is 5.30. The van der Waals surface area contributed by atoms with Gasteiger partial charge >= 0.3 is 0 Å². The molecule has 1 unspecified atom stereocenters. The number of hydrogen-bond donors (Lipinski definition) is 0. The predicted octanol–water partition coefficient (Wildman–Crippen LogP) is 3.74. The van der Waals surface area contributed by atoms with Crippen LogP contribution in [-0.2, 0) is 6.42 Å². The van der Waals surface area contributed by atoms with Gasteiger partial charge in [-0.2, -0.15) is 0 Å². The fourth-order valence-corrected chi connectivity index (χ4v) is 2.82. The minimum absolute atomic E-state index is 0.713. The van der Waals surface area contributed by atoms with Gasteiger partial charge in [-0.15, -0.1) is 0 Å². The summed E-state index contributed by atoms with van der Waals surface area (Å²) >= 11 is 0. The lowest BCUT2D eigenvalue weighted by Crippen LogP contribution is -2.36. The van der Waals surface area contributed by atoms with Crippen molar-refractivity contribution in [1.29, 1.82) is 0 Å². The van der Waals surface area contributed by atoms with E-state index in [4.69, 9.17) is 4.42 Å². The van der Waals surface area contributed by atoms with Crippen LogP contribution in [0.2, 0.25) is 0 Å². The molecule has 0 aliphatic carbocycles. The van der Waals surface area contributed by atoms with Crippen molar-refractivity contribution in [3.8, 4) is 0 Å². The maximum Gasteiger partial charge on any atom is 0.104 e. The Hall–Kier alpha value is -1.70. The van der Waals surface area contributed by atoms with E-state index in [9.17, 15) is 0 Å². The zero-order valence-electron chi connectivity index (χ0n) is 10.6. The quantitative estimate of drug-likeness (QED) is 0.814. The topological polar surface area (TPSA) is 16.4 Å². The van der Waals surface area contributed by atoms with Crippen LogP contribution in [0.4, 0.5) is 5.69 Å². The first-order valence-electron chi connectivity index (χ1n) is 6.74. The smallest absolute Gasteiger partial charge is 0.104 e. The molecule has 94 valence electrons. The molecule has 1 aromatic heterocycles. The lowest BCUT2D eigenvalue weighted by molar-refractivity contribution is 0.378. The van der Waals surface area contributed by atoms with Gasteiger partial charge in [-0.3, -0.25) is 0 Å². The van der Waals surface area contributed by atoms with Gasteiger partial charge in [-0.05, 0) is 43.0 Å². The van der Waals surface area contributed by atoms with Gasteiger partial charge in [0.15, 0.2) is 0 Å². The summed E-state index contributed by atoms with van der Waals surface area (Å²) in [6.07, 6.45) is 5.42. The van der Waals surface area contributed by atoms with Crippen LogP contribution < -0.4 is 4.90 Å². The highest BCUT2D eigenvalue weighted by Crippen LogP contribution is 2.25. The second-order valence-electron chi connectivity index (χ2n) is 5.07. The summed E-state index contributed by atoms with van der Waals surface area (Å²) in [6, 6.07) is 14.8. The summed E-state index contributed by atoms with van der Waals surface area (Å²) < 4.78 is 5.46. The maximum atomic E-state index is 5.46. The lowest BCUT2D eigenvalue weighted by atomic mass is 9.93. The Bertz CT molecular complexity index is 463. The van der Waals surface area contributed by atoms with Crippen LogP contribution >= 0.6 is 0 Å². The lowest BCUT2D eigenvalue weighted by Gasteiger charge is -2.34. The SMILES string of the molecule is c1ccc(N2CCCC(Cc3ccco3)C2)cc1. The molecule has 2 heteroatoms. The normalized spacial score (nSPS) is 20.0. The highest BCUT2D eigenvalue weighted by atomic mass is 16.3. The summed E-state index contributed by atoms with van der Waals surface area (Å²) in [7, 11) is 0. The zero-order chi connectivity index (χ0) is 12.2. The van der Waals surface area contributed by atoms with Crippen molar-refractivity contribution in [3.05, 3.63) is 54.5 Å². The van der Waals surface area contributed by atoms with Crippen LogP contribution in [-0.4, -0.2) is 13.1 Å². The molecule has 1 aromatic carbocycles. The maximum absolute atomic E-state index is 5.46. The van der Waals surface area contributed by atoms with E-state index in [2.05, 4.69) is 41.3 Å². The average Bonchev–Trinajstić information content (AvgIpc) is 2.93. The van der Waals surface area contributed by atoms with Gasteiger partial charge in [0.2, 0.25) is 0 Å². The minimum atomic E-state index is 0.713. The van der Waals surface area contributed by atoms with Crippen LogP contribution in [0.5, 0.6) is 0 Å². The number of anilines is 1. The molecule has 3 rings (SSSR count). The number of piperidine rings is 1. The number of nitrogens with zero attached hydrogens (tertiary/aromatic N) is 1. The Labute approximate surface area is 108 Å². The van der Waals surface area contributed by atoms with Crippen LogP contribution in [0.1, 0.15) is 18.6 Å². The molecule has 1 aliphatic rings. The first-order chi connectivity index (χ1) is 8.92. The molecule has 2 heterocycles. The molecular weight excluding hydrogens is 222 g/mol. The zero-order valence-corrected chi connectivity index (χ0v) is 10.6. The largest absolute Gasteiger partial charge is 0.469 e. The molecule has 0 spiro atoms. The summed E-state index contributed by atoms with van der Waals surface area (Å²) in [5, 5.41) is 0. The highest BCUT2D eigenvalue weighted by Gasteiger charge is 2.21. The molecule has 2 nitrogen and oxygen atoms in total. The number of hydrogen-bond acceptors (Lipinski definition) is 2. The van der Waals surface area contributed by atoms with E-state index in [1.54, 1.807) is 6.26 Å². The number of benzene rings is 1. The Balaban J connectivity index is 1.65. The van der Waals surface area contributed by atoms with Crippen LogP contribution in [0.15, 0.2) is 53.1 Å². The third kappa shape index (κ3) is 2.58. The molecule has 0 amide bonds. The molecule has 1 fully saturated rings. The molecule has 1 saturated heterocycles. The molecule has 0 N–H and O–H groups in total. The van der Waals surface area contributed by atoms with Gasteiger partial charge in [0.1, 0.15) is 5.76 Å². The van der Waals surface area contributed by atoms with Gasteiger partial charge < -0.3 is 9.32 Å². The molecule has 0 bridgehead atoms. The van der Waals surface area contributed by atoms with Crippen molar-refractivity contribution in [2.24, 2.45) is 5.92 Å². The monoisotopic (exact) mass is 241 g/mol. The molecule has 0 saturated carbocycles. The molecule has 18 heavy (non-hydrogen) atoms. The molecule has 1 atom stereocenters. The summed E-state index contributed by atoms with van der Waals surface area (Å²) in [4.78, 5) is 2.50. The van der Waals surface area contributed by atoms with E-state index < -0.39 is 0 Å². The van der Waals surface area contributed by atoms with Crippen LogP contribution in [0, 0.1) is 5.92 Å². The standard InChI is InChI=1S/C16H19NO/c1-2-7-15(8-3-1)17-10-4-6-14(13-17)12-16-9-5-11-18-16/h1-3,5,7-9,11,14H,4,6,10,12-13H2. The Morgan fingerprint density at radius 2 is 2.00 bits per heavy atom. The number of furan rings is 1. The van der Waals surface area contributed by atoms with Crippen molar-refractivity contribution in [1.82, 2.24) is 0 Å². The fraction of sp³-hybridized carbons (Fsp3) is 0.375. The number of para-hydroxylation sites is 1. The van der Waals surface area contributed by atoms with Crippen LogP contribution in [0.3, 0.4) is 0 Å². The second-order valence-corrected chi connectivity index (χ2v) is 5.07. The Morgan fingerprint density at radius 3 is 2.78 bits per heavy atom. The van der Waals surface area contributed by atoms with E-state index >= 15 is 0 Å². The predicted molar refractivity (Wildman–Crippen MR) is 73.8 cm³/mol. The third-order valence-corrected chi connectivity index (χ3v) is 3.71. The van der Waals surface area contributed by atoms with Gasteiger partial charge in [0.25, 0.3) is 0 Å². The van der Waals surface area contributed by atoms with Gasteiger partial charge in [-0.1, -0.05) is 18.2 Å². The molecule has 0 radical (unpaired) electrons. The first kappa shape index (κ1) is 11.4. The fourth-order valence-electron chi connectivity index (χ4n) is 2.82.